The monoisotopic (exact) mass is 216 g/mol. The van der Waals surface area contributed by atoms with Crippen molar-refractivity contribution in [3.63, 3.8) is 0 Å². The summed E-state index contributed by atoms with van der Waals surface area (Å²) in [5.74, 6) is 0. The van der Waals surface area contributed by atoms with E-state index in [1.54, 1.807) is 6.92 Å². The van der Waals surface area contributed by atoms with Crippen molar-refractivity contribution < 1.29 is 9.13 Å². The maximum absolute atomic E-state index is 12.7. The van der Waals surface area contributed by atoms with Gasteiger partial charge in [0.25, 0.3) is 0 Å². The topological polar surface area (TPSA) is 15.7 Å². The zero-order valence-corrected chi connectivity index (χ0v) is 9.49. The largest absolute Gasteiger partial charge is 0.378 e. The number of alkyl halides is 1. The van der Waals surface area contributed by atoms with E-state index in [0.717, 1.165) is 45.9 Å². The molecule has 0 aromatic heterocycles. The normalized spacial score (nSPS) is 31.2. The molecule has 0 spiro atoms. The Balaban J connectivity index is 1.75. The third kappa shape index (κ3) is 3.13. The van der Waals surface area contributed by atoms with E-state index in [9.17, 15) is 4.39 Å². The minimum atomic E-state index is -0.675. The maximum Gasteiger partial charge on any atom is 0.0985 e. The smallest absolute Gasteiger partial charge is 0.0985 e. The first kappa shape index (κ1) is 11.3. The van der Waals surface area contributed by atoms with Crippen LogP contribution in [0.2, 0.25) is 0 Å². The first-order valence-electron chi connectivity index (χ1n) is 5.94. The predicted octanol–water partition coefficient (Wildman–Crippen LogP) is 0.751. The van der Waals surface area contributed by atoms with Gasteiger partial charge in [-0.1, -0.05) is 0 Å². The van der Waals surface area contributed by atoms with Gasteiger partial charge < -0.3 is 9.64 Å². The van der Waals surface area contributed by atoms with Gasteiger partial charge in [-0.2, -0.15) is 0 Å². The molecular formula is C11H21FN2O. The van der Waals surface area contributed by atoms with Crippen LogP contribution >= 0.6 is 0 Å². The number of hydrogen-bond donors (Lipinski definition) is 0. The molecule has 15 heavy (non-hydrogen) atoms. The summed E-state index contributed by atoms with van der Waals surface area (Å²) in [6, 6.07) is 0.544. The molecular weight excluding hydrogens is 195 g/mol. The lowest BCUT2D eigenvalue weighted by atomic mass is 10.1. The number of morpholine rings is 1. The molecule has 88 valence electrons. The second-order valence-electron chi connectivity index (χ2n) is 4.63. The van der Waals surface area contributed by atoms with Gasteiger partial charge in [0, 0.05) is 38.8 Å². The number of rotatable bonds is 3. The molecule has 0 saturated carbocycles. The van der Waals surface area contributed by atoms with Crippen LogP contribution in [0.1, 0.15) is 13.3 Å². The quantitative estimate of drug-likeness (QED) is 0.692. The van der Waals surface area contributed by atoms with E-state index in [1.165, 1.54) is 0 Å². The number of hydrogen-bond acceptors (Lipinski definition) is 3. The van der Waals surface area contributed by atoms with Gasteiger partial charge >= 0.3 is 0 Å². The van der Waals surface area contributed by atoms with Crippen LogP contribution in [0.5, 0.6) is 0 Å². The minimum absolute atomic E-state index is 0.544. The fourth-order valence-corrected chi connectivity index (χ4v) is 2.37. The van der Waals surface area contributed by atoms with Gasteiger partial charge in [-0.3, -0.25) is 4.90 Å². The standard InChI is InChI=1S/C11H21FN2O/c1-10(12)2-3-13-4-5-14-6-7-15-9-11(14)8-13/h10-11H,2-9H2,1H3/t10-,11-/m0/s1. The lowest BCUT2D eigenvalue weighted by Gasteiger charge is -2.43. The summed E-state index contributed by atoms with van der Waals surface area (Å²) in [6.07, 6.45) is -0.0150. The van der Waals surface area contributed by atoms with Gasteiger partial charge in [-0.25, -0.2) is 4.39 Å². The van der Waals surface area contributed by atoms with Crippen LogP contribution in [0.4, 0.5) is 4.39 Å². The Morgan fingerprint density at radius 3 is 3.07 bits per heavy atom. The average molecular weight is 216 g/mol. The summed E-state index contributed by atoms with van der Waals surface area (Å²) in [6.45, 7) is 8.57. The van der Waals surface area contributed by atoms with Crippen molar-refractivity contribution in [3.05, 3.63) is 0 Å². The minimum Gasteiger partial charge on any atom is -0.378 e. The lowest BCUT2D eigenvalue weighted by Crippen LogP contribution is -2.58. The molecule has 4 heteroatoms. The van der Waals surface area contributed by atoms with Crippen LogP contribution in [0.3, 0.4) is 0 Å². The zero-order chi connectivity index (χ0) is 10.7. The van der Waals surface area contributed by atoms with E-state index in [0.29, 0.717) is 12.5 Å². The fraction of sp³-hybridized carbons (Fsp3) is 1.00. The van der Waals surface area contributed by atoms with Gasteiger partial charge in [-0.15, -0.1) is 0 Å². The zero-order valence-electron chi connectivity index (χ0n) is 9.49. The molecule has 2 atom stereocenters. The molecule has 0 aromatic carbocycles. The van der Waals surface area contributed by atoms with Crippen LogP contribution in [-0.4, -0.2) is 68.0 Å². The van der Waals surface area contributed by atoms with Crippen LogP contribution in [0, 0.1) is 0 Å². The van der Waals surface area contributed by atoms with E-state index >= 15 is 0 Å². The Bertz CT molecular complexity index is 201. The molecule has 3 nitrogen and oxygen atoms in total. The van der Waals surface area contributed by atoms with Crippen molar-refractivity contribution in [1.82, 2.24) is 9.80 Å². The van der Waals surface area contributed by atoms with Crippen molar-refractivity contribution in [2.24, 2.45) is 0 Å². The van der Waals surface area contributed by atoms with Crippen molar-refractivity contribution in [3.8, 4) is 0 Å². The highest BCUT2D eigenvalue weighted by Gasteiger charge is 2.29. The molecule has 0 bridgehead atoms. The van der Waals surface area contributed by atoms with Gasteiger partial charge in [0.15, 0.2) is 0 Å². The molecule has 2 aliphatic heterocycles. The number of fused-ring (bicyclic) bond motifs is 1. The Morgan fingerprint density at radius 1 is 1.40 bits per heavy atom. The number of halogens is 1. The molecule has 2 aliphatic rings. The third-order valence-corrected chi connectivity index (χ3v) is 3.36. The highest BCUT2D eigenvalue weighted by atomic mass is 19.1. The predicted molar refractivity (Wildman–Crippen MR) is 57.8 cm³/mol. The Morgan fingerprint density at radius 2 is 2.27 bits per heavy atom. The summed E-state index contributed by atoms with van der Waals surface area (Å²) in [5, 5.41) is 0. The van der Waals surface area contributed by atoms with E-state index in [-0.39, 0.29) is 0 Å². The van der Waals surface area contributed by atoms with E-state index < -0.39 is 6.17 Å². The van der Waals surface area contributed by atoms with Crippen LogP contribution in [0.15, 0.2) is 0 Å². The number of piperazine rings is 1. The summed E-state index contributed by atoms with van der Waals surface area (Å²) >= 11 is 0. The molecule has 0 aliphatic carbocycles. The van der Waals surface area contributed by atoms with Crippen molar-refractivity contribution >= 4 is 0 Å². The van der Waals surface area contributed by atoms with Crippen molar-refractivity contribution in [2.75, 3.05) is 45.9 Å². The number of nitrogens with zero attached hydrogens (tertiary/aromatic N) is 2. The van der Waals surface area contributed by atoms with Crippen LogP contribution in [-0.2, 0) is 4.74 Å². The van der Waals surface area contributed by atoms with Crippen molar-refractivity contribution in [2.45, 2.75) is 25.6 Å². The van der Waals surface area contributed by atoms with Gasteiger partial charge in [-0.05, 0) is 13.3 Å². The fourth-order valence-electron chi connectivity index (χ4n) is 2.37. The van der Waals surface area contributed by atoms with Gasteiger partial charge in [0.2, 0.25) is 0 Å². The maximum atomic E-state index is 12.7. The first-order chi connectivity index (χ1) is 7.25. The van der Waals surface area contributed by atoms with Crippen LogP contribution < -0.4 is 0 Å². The molecule has 2 rings (SSSR count). The average Bonchev–Trinajstić information content (AvgIpc) is 2.26. The second-order valence-corrected chi connectivity index (χ2v) is 4.63. The van der Waals surface area contributed by atoms with Gasteiger partial charge in [0.1, 0.15) is 0 Å². The summed E-state index contributed by atoms with van der Waals surface area (Å²) in [4.78, 5) is 4.87. The van der Waals surface area contributed by atoms with Crippen LogP contribution in [0.25, 0.3) is 0 Å². The Kier molecular flexibility index (Phi) is 3.94. The molecule has 0 N–H and O–H groups in total. The Hall–Kier alpha value is -0.190. The van der Waals surface area contributed by atoms with Crippen molar-refractivity contribution in [1.29, 1.82) is 0 Å². The molecule has 2 fully saturated rings. The van der Waals surface area contributed by atoms with E-state index in [1.807, 2.05) is 0 Å². The first-order valence-corrected chi connectivity index (χ1v) is 5.94. The Labute approximate surface area is 91.2 Å². The summed E-state index contributed by atoms with van der Waals surface area (Å²) in [5.41, 5.74) is 0. The van der Waals surface area contributed by atoms with E-state index in [4.69, 9.17) is 4.74 Å². The highest BCUT2D eigenvalue weighted by molar-refractivity contribution is 4.84. The number of ether oxygens (including phenoxy) is 1. The molecule has 0 unspecified atom stereocenters. The molecule has 0 radical (unpaired) electrons. The summed E-state index contributed by atoms with van der Waals surface area (Å²) in [7, 11) is 0. The molecule has 2 heterocycles. The second kappa shape index (κ2) is 5.23. The third-order valence-electron chi connectivity index (χ3n) is 3.36. The molecule has 2 saturated heterocycles. The highest BCUT2D eigenvalue weighted by Crippen LogP contribution is 2.14. The summed E-state index contributed by atoms with van der Waals surface area (Å²) < 4.78 is 18.2. The lowest BCUT2D eigenvalue weighted by molar-refractivity contribution is -0.0453. The SMILES string of the molecule is C[C@H](F)CCN1CCN2CCOC[C@@H]2C1. The molecule has 0 amide bonds. The van der Waals surface area contributed by atoms with E-state index in [2.05, 4.69) is 9.80 Å². The molecule has 0 aromatic rings. The van der Waals surface area contributed by atoms with Gasteiger partial charge in [0.05, 0.1) is 19.4 Å².